The van der Waals surface area contributed by atoms with E-state index in [2.05, 4.69) is 5.32 Å². The lowest BCUT2D eigenvalue weighted by molar-refractivity contribution is 0.391. The van der Waals surface area contributed by atoms with Crippen LogP contribution in [0.15, 0.2) is 45.9 Å². The number of hydrogen-bond acceptors (Lipinski definition) is 4. The number of furan rings is 1. The number of halogens is 1. The van der Waals surface area contributed by atoms with Gasteiger partial charge in [-0.05, 0) is 37.1 Å². The molecule has 0 spiro atoms. The van der Waals surface area contributed by atoms with Crippen LogP contribution >= 0.6 is 11.6 Å². The van der Waals surface area contributed by atoms with E-state index in [1.807, 2.05) is 31.2 Å². The van der Waals surface area contributed by atoms with Crippen LogP contribution in [0.1, 0.15) is 18.2 Å². The molecule has 0 bridgehead atoms. The third-order valence-corrected chi connectivity index (χ3v) is 4.18. The van der Waals surface area contributed by atoms with Crippen LogP contribution in [0.5, 0.6) is 0 Å². The van der Waals surface area contributed by atoms with Crippen LogP contribution in [-0.4, -0.2) is 14.5 Å². The lowest BCUT2D eigenvalue weighted by Crippen LogP contribution is -2.27. The number of hydrogen-bond donors (Lipinski definition) is 2. The third-order valence-electron chi connectivity index (χ3n) is 3.03. The molecule has 7 heteroatoms. The Bertz CT molecular complexity index is 713. The van der Waals surface area contributed by atoms with E-state index in [0.29, 0.717) is 12.3 Å². The summed E-state index contributed by atoms with van der Waals surface area (Å²) in [6.45, 7) is 2.44. The zero-order valence-corrected chi connectivity index (χ0v) is 13.1. The van der Waals surface area contributed by atoms with Crippen molar-refractivity contribution >= 4 is 21.6 Å². The molecule has 1 heterocycles. The average Bonchev–Trinajstić information content (AvgIpc) is 2.88. The molecule has 1 atom stereocenters. The minimum Gasteiger partial charge on any atom is -0.447 e. The average molecular weight is 329 g/mol. The second-order valence-electron chi connectivity index (χ2n) is 4.84. The molecule has 21 heavy (non-hydrogen) atoms. The summed E-state index contributed by atoms with van der Waals surface area (Å²) in [4.78, 5) is 0. The fourth-order valence-electron chi connectivity index (χ4n) is 1.95. The molecule has 2 rings (SSSR count). The van der Waals surface area contributed by atoms with Crippen molar-refractivity contribution in [3.8, 4) is 0 Å². The molecule has 1 unspecified atom stereocenters. The van der Waals surface area contributed by atoms with Gasteiger partial charge in [0.2, 0.25) is 5.09 Å². The molecule has 1 aromatic heterocycles. The van der Waals surface area contributed by atoms with Crippen LogP contribution in [0.3, 0.4) is 0 Å². The van der Waals surface area contributed by atoms with Crippen molar-refractivity contribution in [2.75, 3.05) is 0 Å². The van der Waals surface area contributed by atoms with Crippen molar-refractivity contribution in [2.45, 2.75) is 31.0 Å². The largest absolute Gasteiger partial charge is 0.447 e. The molecule has 2 aromatic rings. The minimum atomic E-state index is -3.79. The number of rotatable bonds is 6. The van der Waals surface area contributed by atoms with Gasteiger partial charge in [0, 0.05) is 11.1 Å². The quantitative estimate of drug-likeness (QED) is 0.852. The molecule has 3 N–H and O–H groups in total. The smallest absolute Gasteiger partial charge is 0.271 e. The first kappa shape index (κ1) is 16.0. The van der Waals surface area contributed by atoms with Gasteiger partial charge < -0.3 is 9.73 Å². The molecule has 0 aliphatic heterocycles. The summed E-state index contributed by atoms with van der Waals surface area (Å²) in [6.07, 6.45) is 0.766. The van der Waals surface area contributed by atoms with Gasteiger partial charge in [-0.1, -0.05) is 29.8 Å². The SMILES string of the molecule is CC(Cc1ccccc1Cl)NCc1ccc(S(N)(=O)=O)o1. The first-order valence-corrected chi connectivity index (χ1v) is 8.37. The minimum absolute atomic E-state index is 0.160. The molecule has 0 aliphatic carbocycles. The van der Waals surface area contributed by atoms with Gasteiger partial charge in [0.05, 0.1) is 6.54 Å². The monoisotopic (exact) mass is 328 g/mol. The van der Waals surface area contributed by atoms with Crippen LogP contribution in [0.4, 0.5) is 0 Å². The van der Waals surface area contributed by atoms with Crippen LogP contribution < -0.4 is 10.5 Å². The highest BCUT2D eigenvalue weighted by atomic mass is 35.5. The Hall–Kier alpha value is -1.34. The van der Waals surface area contributed by atoms with Crippen LogP contribution in [-0.2, 0) is 23.0 Å². The van der Waals surface area contributed by atoms with Gasteiger partial charge in [-0.2, -0.15) is 0 Å². The van der Waals surface area contributed by atoms with Gasteiger partial charge in [-0.3, -0.25) is 0 Å². The first-order chi connectivity index (χ1) is 9.86. The molecule has 0 radical (unpaired) electrons. The van der Waals surface area contributed by atoms with Crippen molar-refractivity contribution in [2.24, 2.45) is 5.14 Å². The molecule has 0 saturated heterocycles. The molecule has 0 saturated carbocycles. The predicted molar refractivity (Wildman–Crippen MR) is 81.5 cm³/mol. The maximum atomic E-state index is 11.1. The number of nitrogens with one attached hydrogen (secondary N) is 1. The molecular weight excluding hydrogens is 312 g/mol. The number of nitrogens with two attached hydrogens (primary N) is 1. The summed E-state index contributed by atoms with van der Waals surface area (Å²) in [6, 6.07) is 10.8. The highest BCUT2D eigenvalue weighted by Crippen LogP contribution is 2.17. The maximum Gasteiger partial charge on any atom is 0.271 e. The van der Waals surface area contributed by atoms with E-state index >= 15 is 0 Å². The maximum absolute atomic E-state index is 11.1. The van der Waals surface area contributed by atoms with Gasteiger partial charge in [0.25, 0.3) is 10.0 Å². The summed E-state index contributed by atoms with van der Waals surface area (Å²) in [5.74, 6) is 0.519. The highest BCUT2D eigenvalue weighted by Gasteiger charge is 2.13. The van der Waals surface area contributed by atoms with Gasteiger partial charge in [0.15, 0.2) is 0 Å². The van der Waals surface area contributed by atoms with Crippen molar-refractivity contribution < 1.29 is 12.8 Å². The van der Waals surface area contributed by atoms with Crippen molar-refractivity contribution in [3.05, 3.63) is 52.7 Å². The third kappa shape index (κ3) is 4.57. The molecule has 0 aliphatic rings. The Morgan fingerprint density at radius 3 is 2.62 bits per heavy atom. The second kappa shape index (κ2) is 6.62. The Kier molecular flexibility index (Phi) is 5.05. The molecular formula is C14H17ClN2O3S. The first-order valence-electron chi connectivity index (χ1n) is 6.44. The molecule has 0 fully saturated rings. The van der Waals surface area contributed by atoms with Gasteiger partial charge in [-0.25, -0.2) is 13.6 Å². The van der Waals surface area contributed by atoms with E-state index in [-0.39, 0.29) is 11.1 Å². The van der Waals surface area contributed by atoms with Crippen LogP contribution in [0, 0.1) is 0 Å². The van der Waals surface area contributed by atoms with Gasteiger partial charge in [-0.15, -0.1) is 0 Å². The Labute approximate surface area is 129 Å². The lowest BCUT2D eigenvalue weighted by Gasteiger charge is -2.13. The van der Waals surface area contributed by atoms with Crippen LogP contribution in [0.25, 0.3) is 0 Å². The van der Waals surface area contributed by atoms with E-state index in [1.54, 1.807) is 6.07 Å². The molecule has 5 nitrogen and oxygen atoms in total. The van der Waals surface area contributed by atoms with Crippen LogP contribution in [0.2, 0.25) is 5.02 Å². The Balaban J connectivity index is 1.91. The summed E-state index contributed by atoms with van der Waals surface area (Å²) < 4.78 is 27.4. The fourth-order valence-corrected chi connectivity index (χ4v) is 2.64. The Morgan fingerprint density at radius 2 is 2.00 bits per heavy atom. The lowest BCUT2D eigenvalue weighted by atomic mass is 10.1. The number of sulfonamides is 1. The summed E-state index contributed by atoms with van der Waals surface area (Å²) in [7, 11) is -3.79. The second-order valence-corrected chi connectivity index (χ2v) is 6.74. The van der Waals surface area contributed by atoms with E-state index in [0.717, 1.165) is 17.0 Å². The van der Waals surface area contributed by atoms with Crippen molar-refractivity contribution in [1.82, 2.24) is 5.32 Å². The zero-order valence-electron chi connectivity index (χ0n) is 11.5. The normalized spacial score (nSPS) is 13.3. The summed E-state index contributed by atoms with van der Waals surface area (Å²) in [5.41, 5.74) is 1.06. The summed E-state index contributed by atoms with van der Waals surface area (Å²) >= 11 is 6.11. The van der Waals surface area contributed by atoms with Crippen molar-refractivity contribution in [1.29, 1.82) is 0 Å². The predicted octanol–water partition coefficient (Wildman–Crippen LogP) is 2.30. The number of benzene rings is 1. The molecule has 1 aromatic carbocycles. The van der Waals surface area contributed by atoms with E-state index in [9.17, 15) is 8.42 Å². The fraction of sp³-hybridized carbons (Fsp3) is 0.286. The summed E-state index contributed by atoms with van der Waals surface area (Å²) in [5, 5.41) is 8.75. The van der Waals surface area contributed by atoms with Crippen molar-refractivity contribution in [3.63, 3.8) is 0 Å². The topological polar surface area (TPSA) is 85.3 Å². The Morgan fingerprint density at radius 1 is 1.29 bits per heavy atom. The molecule has 0 amide bonds. The van der Waals surface area contributed by atoms with Gasteiger partial charge >= 0.3 is 0 Å². The number of primary sulfonamides is 1. The van der Waals surface area contributed by atoms with E-state index in [1.165, 1.54) is 6.07 Å². The van der Waals surface area contributed by atoms with E-state index < -0.39 is 10.0 Å². The standard InChI is InChI=1S/C14H17ClN2O3S/c1-10(8-11-4-2-3-5-13(11)15)17-9-12-6-7-14(20-12)21(16,18)19/h2-7,10,17H,8-9H2,1H3,(H2,16,18,19). The highest BCUT2D eigenvalue weighted by molar-refractivity contribution is 7.89. The van der Waals surface area contributed by atoms with Gasteiger partial charge in [0.1, 0.15) is 5.76 Å². The molecule has 114 valence electrons. The zero-order chi connectivity index (χ0) is 15.5. The van der Waals surface area contributed by atoms with E-state index in [4.69, 9.17) is 21.2 Å².